The van der Waals surface area contributed by atoms with E-state index in [0.29, 0.717) is 6.42 Å². The monoisotopic (exact) mass is 295 g/mol. The van der Waals surface area contributed by atoms with E-state index in [1.165, 1.54) is 0 Å². The molecule has 1 aromatic rings. The molecule has 5 heteroatoms. The summed E-state index contributed by atoms with van der Waals surface area (Å²) in [6.07, 6.45) is 0.388. The number of amides is 1. The van der Waals surface area contributed by atoms with Gasteiger partial charge < -0.3 is 15.5 Å². The topological polar surface area (TPSA) is 49.6 Å². The van der Waals surface area contributed by atoms with Gasteiger partial charge in [-0.15, -0.1) is 0 Å². The molecule has 1 saturated heterocycles. The van der Waals surface area contributed by atoms with E-state index >= 15 is 0 Å². The van der Waals surface area contributed by atoms with Crippen LogP contribution in [0.15, 0.2) is 24.3 Å². The van der Waals surface area contributed by atoms with Crippen molar-refractivity contribution in [2.45, 2.75) is 25.8 Å². The number of nitrogens with zero attached hydrogens (tertiary/aromatic N) is 2. The second kappa shape index (κ2) is 6.02. The van der Waals surface area contributed by atoms with Gasteiger partial charge in [0.25, 0.3) is 0 Å². The molecule has 1 fully saturated rings. The van der Waals surface area contributed by atoms with Crippen molar-refractivity contribution in [2.24, 2.45) is 5.73 Å². The maximum atomic E-state index is 12.1. The predicted octanol–water partition coefficient (Wildman–Crippen LogP) is 2.12. The molecule has 0 aliphatic carbocycles. The predicted molar refractivity (Wildman–Crippen MR) is 83.1 cm³/mol. The number of nitrogens with two attached hydrogens (primary N) is 1. The summed E-state index contributed by atoms with van der Waals surface area (Å²) in [4.78, 5) is 16.2. The van der Waals surface area contributed by atoms with Gasteiger partial charge in [0.1, 0.15) is 0 Å². The zero-order chi connectivity index (χ0) is 14.8. The summed E-state index contributed by atoms with van der Waals surface area (Å²) in [5.41, 5.74) is 6.50. The number of benzene rings is 1. The summed E-state index contributed by atoms with van der Waals surface area (Å²) in [6.45, 7) is 6.82. The highest BCUT2D eigenvalue weighted by molar-refractivity contribution is 6.33. The highest BCUT2D eigenvalue weighted by Crippen LogP contribution is 2.26. The molecular formula is C15H22ClN3O. The summed E-state index contributed by atoms with van der Waals surface area (Å²) in [7, 11) is 0. The largest absolute Gasteiger partial charge is 0.367 e. The summed E-state index contributed by atoms with van der Waals surface area (Å²) in [5, 5.41) is 0.760. The van der Waals surface area contributed by atoms with Crippen molar-refractivity contribution >= 4 is 23.2 Å². The molecule has 20 heavy (non-hydrogen) atoms. The van der Waals surface area contributed by atoms with Gasteiger partial charge in [-0.3, -0.25) is 4.79 Å². The minimum absolute atomic E-state index is 0.135. The number of para-hydroxylation sites is 1. The number of piperazine rings is 1. The fourth-order valence-corrected chi connectivity index (χ4v) is 2.66. The van der Waals surface area contributed by atoms with Gasteiger partial charge in [0.15, 0.2) is 0 Å². The van der Waals surface area contributed by atoms with Crippen LogP contribution >= 0.6 is 11.6 Å². The molecule has 1 heterocycles. The van der Waals surface area contributed by atoms with E-state index in [0.717, 1.165) is 36.9 Å². The van der Waals surface area contributed by atoms with E-state index in [1.807, 2.05) is 43.0 Å². The van der Waals surface area contributed by atoms with E-state index in [1.54, 1.807) is 0 Å². The lowest BCUT2D eigenvalue weighted by molar-refractivity contribution is -0.132. The quantitative estimate of drug-likeness (QED) is 0.929. The molecule has 110 valence electrons. The van der Waals surface area contributed by atoms with Crippen LogP contribution in [-0.4, -0.2) is 42.5 Å². The van der Waals surface area contributed by atoms with Crippen LogP contribution in [-0.2, 0) is 4.79 Å². The van der Waals surface area contributed by atoms with Crippen LogP contribution in [0, 0.1) is 0 Å². The number of hydrogen-bond donors (Lipinski definition) is 1. The SMILES string of the molecule is CC(C)(N)CC(=O)N1CCN(c2ccccc2Cl)CC1. The smallest absolute Gasteiger partial charge is 0.224 e. The van der Waals surface area contributed by atoms with Gasteiger partial charge in [0.2, 0.25) is 5.91 Å². The Kier molecular flexibility index (Phi) is 4.55. The molecule has 0 bridgehead atoms. The lowest BCUT2D eigenvalue weighted by atomic mass is 10.0. The molecule has 0 aromatic heterocycles. The van der Waals surface area contributed by atoms with Gasteiger partial charge in [-0.25, -0.2) is 0 Å². The number of carbonyl (C=O) groups is 1. The van der Waals surface area contributed by atoms with E-state index in [-0.39, 0.29) is 5.91 Å². The number of carbonyl (C=O) groups excluding carboxylic acids is 1. The molecule has 2 rings (SSSR count). The molecule has 1 aliphatic rings. The first-order valence-electron chi connectivity index (χ1n) is 6.93. The van der Waals surface area contributed by atoms with Crippen molar-refractivity contribution in [3.63, 3.8) is 0 Å². The van der Waals surface area contributed by atoms with E-state index < -0.39 is 5.54 Å². The maximum absolute atomic E-state index is 12.1. The molecule has 4 nitrogen and oxygen atoms in total. The van der Waals surface area contributed by atoms with Crippen LogP contribution in [0.3, 0.4) is 0 Å². The van der Waals surface area contributed by atoms with E-state index in [9.17, 15) is 4.79 Å². The second-order valence-corrected chi connectivity index (χ2v) is 6.39. The van der Waals surface area contributed by atoms with Gasteiger partial charge in [0.05, 0.1) is 10.7 Å². The third-order valence-corrected chi connectivity index (χ3v) is 3.75. The molecule has 1 aliphatic heterocycles. The zero-order valence-corrected chi connectivity index (χ0v) is 12.9. The van der Waals surface area contributed by atoms with Crippen LogP contribution in [0.5, 0.6) is 0 Å². The normalized spacial score (nSPS) is 16.4. The van der Waals surface area contributed by atoms with Crippen LogP contribution < -0.4 is 10.6 Å². The Hall–Kier alpha value is -1.26. The van der Waals surface area contributed by atoms with Crippen molar-refractivity contribution in [3.8, 4) is 0 Å². The first kappa shape index (κ1) is 15.1. The van der Waals surface area contributed by atoms with Gasteiger partial charge in [-0.05, 0) is 26.0 Å². The molecule has 0 saturated carbocycles. The molecule has 1 amide bonds. The van der Waals surface area contributed by atoms with Crippen LogP contribution in [0.1, 0.15) is 20.3 Å². The molecule has 0 spiro atoms. The third kappa shape index (κ3) is 3.87. The fraction of sp³-hybridized carbons (Fsp3) is 0.533. The summed E-state index contributed by atoms with van der Waals surface area (Å²) < 4.78 is 0. The molecule has 2 N–H and O–H groups in total. The Labute approximate surface area is 125 Å². The minimum Gasteiger partial charge on any atom is -0.367 e. The van der Waals surface area contributed by atoms with Gasteiger partial charge >= 0.3 is 0 Å². The molecular weight excluding hydrogens is 274 g/mol. The number of halogens is 1. The summed E-state index contributed by atoms with van der Waals surface area (Å²) >= 11 is 6.20. The average molecular weight is 296 g/mol. The lowest BCUT2D eigenvalue weighted by Gasteiger charge is -2.37. The lowest BCUT2D eigenvalue weighted by Crippen LogP contribution is -2.51. The molecule has 0 radical (unpaired) electrons. The van der Waals surface area contributed by atoms with Gasteiger partial charge in [-0.1, -0.05) is 23.7 Å². The number of anilines is 1. The number of hydrogen-bond acceptors (Lipinski definition) is 3. The average Bonchev–Trinajstić information content (AvgIpc) is 2.37. The Balaban J connectivity index is 1.93. The first-order chi connectivity index (χ1) is 9.37. The highest BCUT2D eigenvalue weighted by atomic mass is 35.5. The zero-order valence-electron chi connectivity index (χ0n) is 12.1. The van der Waals surface area contributed by atoms with Gasteiger partial charge in [0, 0.05) is 38.1 Å². The summed E-state index contributed by atoms with van der Waals surface area (Å²) in [6, 6.07) is 7.82. The van der Waals surface area contributed by atoms with E-state index in [2.05, 4.69) is 4.90 Å². The van der Waals surface area contributed by atoms with Crippen molar-refractivity contribution in [3.05, 3.63) is 29.3 Å². The van der Waals surface area contributed by atoms with Crippen molar-refractivity contribution in [1.82, 2.24) is 4.90 Å². The van der Waals surface area contributed by atoms with Gasteiger partial charge in [-0.2, -0.15) is 0 Å². The van der Waals surface area contributed by atoms with Crippen molar-refractivity contribution in [2.75, 3.05) is 31.1 Å². The highest BCUT2D eigenvalue weighted by Gasteiger charge is 2.25. The van der Waals surface area contributed by atoms with Crippen molar-refractivity contribution < 1.29 is 4.79 Å². The standard InChI is InChI=1S/C15H22ClN3O/c1-15(2,17)11-14(20)19-9-7-18(8-10-19)13-6-4-3-5-12(13)16/h3-6H,7-11,17H2,1-2H3. The van der Waals surface area contributed by atoms with Crippen molar-refractivity contribution in [1.29, 1.82) is 0 Å². The van der Waals surface area contributed by atoms with Crippen LogP contribution in [0.2, 0.25) is 5.02 Å². The Morgan fingerprint density at radius 1 is 1.25 bits per heavy atom. The number of rotatable bonds is 3. The van der Waals surface area contributed by atoms with E-state index in [4.69, 9.17) is 17.3 Å². The molecule has 1 aromatic carbocycles. The molecule has 0 atom stereocenters. The summed E-state index contributed by atoms with van der Waals surface area (Å²) in [5.74, 6) is 0.135. The Morgan fingerprint density at radius 3 is 2.40 bits per heavy atom. The minimum atomic E-state index is -0.447. The van der Waals surface area contributed by atoms with Crippen LogP contribution in [0.25, 0.3) is 0 Å². The first-order valence-corrected chi connectivity index (χ1v) is 7.31. The third-order valence-electron chi connectivity index (χ3n) is 3.43. The Bertz CT molecular complexity index is 476. The second-order valence-electron chi connectivity index (χ2n) is 5.98. The molecule has 0 unspecified atom stereocenters. The maximum Gasteiger partial charge on any atom is 0.224 e. The van der Waals surface area contributed by atoms with Crippen LogP contribution in [0.4, 0.5) is 5.69 Å². The Morgan fingerprint density at radius 2 is 1.85 bits per heavy atom. The fourth-order valence-electron chi connectivity index (χ4n) is 2.41.